The van der Waals surface area contributed by atoms with E-state index in [2.05, 4.69) is 0 Å². The Morgan fingerprint density at radius 1 is 1.07 bits per heavy atom. The molecule has 7 nitrogen and oxygen atoms in total. The van der Waals surface area contributed by atoms with Crippen LogP contribution in [0.2, 0.25) is 0 Å². The van der Waals surface area contributed by atoms with Gasteiger partial charge >= 0.3 is 16.2 Å². The summed E-state index contributed by atoms with van der Waals surface area (Å²) in [7, 11) is -3.69. The molecule has 2 aromatic carbocycles. The molecule has 0 N–H and O–H groups in total. The number of nitrogens with zero attached hydrogens (tertiary/aromatic N) is 1. The van der Waals surface area contributed by atoms with Gasteiger partial charge in [0.1, 0.15) is 18.0 Å². The lowest BCUT2D eigenvalue weighted by Crippen LogP contribution is -2.49. The van der Waals surface area contributed by atoms with Gasteiger partial charge in [-0.25, -0.2) is 4.79 Å². The summed E-state index contributed by atoms with van der Waals surface area (Å²) in [6.45, 7) is 1.08. The number of para-hydroxylation sites is 1. The number of hydrogen-bond acceptors (Lipinski definition) is 6. The quantitative estimate of drug-likeness (QED) is 0.691. The van der Waals surface area contributed by atoms with E-state index in [0.717, 1.165) is 11.8 Å². The van der Waals surface area contributed by atoms with E-state index < -0.39 is 15.7 Å². The van der Waals surface area contributed by atoms with Gasteiger partial charge in [-0.3, -0.25) is 0 Å². The molecule has 30 heavy (non-hydrogen) atoms. The Kier molecular flexibility index (Phi) is 5.42. The van der Waals surface area contributed by atoms with Gasteiger partial charge in [0.25, 0.3) is 0 Å². The molecule has 158 valence electrons. The van der Waals surface area contributed by atoms with Crippen LogP contribution in [-0.2, 0) is 25.6 Å². The van der Waals surface area contributed by atoms with Crippen molar-refractivity contribution < 1.29 is 26.9 Å². The van der Waals surface area contributed by atoms with Crippen LogP contribution in [0, 0.1) is 0 Å². The minimum atomic E-state index is -3.69. The molecule has 0 radical (unpaired) electrons. The first-order chi connectivity index (χ1) is 14.3. The highest BCUT2D eigenvalue weighted by Crippen LogP contribution is 2.41. The van der Waals surface area contributed by atoms with Crippen molar-refractivity contribution in [2.45, 2.75) is 25.0 Å². The Morgan fingerprint density at radius 2 is 1.73 bits per heavy atom. The number of piperidine rings is 1. The van der Waals surface area contributed by atoms with Crippen LogP contribution in [-0.4, -0.2) is 44.4 Å². The maximum Gasteiger partial charge on any atom is 0.410 e. The highest BCUT2D eigenvalue weighted by atomic mass is 32.2. The third-order valence-electron chi connectivity index (χ3n) is 5.17. The molecular weight excluding hydrogens is 406 g/mol. The fourth-order valence-corrected chi connectivity index (χ4v) is 4.15. The van der Waals surface area contributed by atoms with E-state index in [-0.39, 0.29) is 18.5 Å². The van der Waals surface area contributed by atoms with Crippen molar-refractivity contribution in [2.75, 3.05) is 19.3 Å². The average Bonchev–Trinajstić information content (AvgIpc) is 2.72. The lowest BCUT2D eigenvalue weighted by Gasteiger charge is -2.42. The van der Waals surface area contributed by atoms with E-state index in [4.69, 9.17) is 13.7 Å². The zero-order chi connectivity index (χ0) is 21.2. The van der Waals surface area contributed by atoms with Crippen LogP contribution < -0.4 is 4.74 Å². The number of benzene rings is 2. The largest absolute Gasteiger partial charge is 0.482 e. The molecule has 0 aromatic heterocycles. The first kappa shape index (κ1) is 20.3. The van der Waals surface area contributed by atoms with Crippen molar-refractivity contribution in [1.82, 2.24) is 4.90 Å². The van der Waals surface area contributed by atoms with Crippen LogP contribution in [0.4, 0.5) is 4.79 Å². The number of hydrogen-bond donors (Lipinski definition) is 0. The number of amides is 1. The van der Waals surface area contributed by atoms with Crippen LogP contribution in [0.15, 0.2) is 60.7 Å². The zero-order valence-electron chi connectivity index (χ0n) is 16.6. The number of ether oxygens (including phenoxy) is 2. The molecule has 1 saturated heterocycles. The number of rotatable bonds is 4. The van der Waals surface area contributed by atoms with E-state index in [0.29, 0.717) is 37.2 Å². The minimum absolute atomic E-state index is 0.220. The summed E-state index contributed by atoms with van der Waals surface area (Å²) < 4.78 is 40.4. The Bertz CT molecular complexity index is 1060. The van der Waals surface area contributed by atoms with Gasteiger partial charge in [0, 0.05) is 32.0 Å². The zero-order valence-corrected chi connectivity index (χ0v) is 17.4. The van der Waals surface area contributed by atoms with Crippen LogP contribution in [0.25, 0.3) is 5.76 Å². The molecule has 1 fully saturated rings. The van der Waals surface area contributed by atoms with Crippen LogP contribution in [0.5, 0.6) is 5.75 Å². The molecule has 0 aliphatic carbocycles. The lowest BCUT2D eigenvalue weighted by atomic mass is 9.87. The number of carbonyl (C=O) groups excluding carboxylic acids is 1. The molecular formula is C22H23NO6S. The Balaban J connectivity index is 1.45. The highest BCUT2D eigenvalue weighted by molar-refractivity contribution is 7.86. The lowest BCUT2D eigenvalue weighted by molar-refractivity contribution is 0.0274. The predicted molar refractivity (Wildman–Crippen MR) is 111 cm³/mol. The van der Waals surface area contributed by atoms with Gasteiger partial charge in [0.2, 0.25) is 0 Å². The fourth-order valence-electron chi connectivity index (χ4n) is 3.68. The minimum Gasteiger partial charge on any atom is -0.482 e. The molecule has 2 aliphatic rings. The van der Waals surface area contributed by atoms with Gasteiger partial charge in [0.05, 0.1) is 11.8 Å². The first-order valence-corrected chi connectivity index (χ1v) is 11.5. The smallest absolute Gasteiger partial charge is 0.410 e. The Labute approximate surface area is 176 Å². The molecule has 8 heteroatoms. The van der Waals surface area contributed by atoms with E-state index in [1.807, 2.05) is 36.4 Å². The van der Waals surface area contributed by atoms with Gasteiger partial charge in [-0.2, -0.15) is 8.42 Å². The molecule has 1 spiro atoms. The number of carbonyl (C=O) groups is 1. The Hall–Kier alpha value is -3.00. The summed E-state index contributed by atoms with van der Waals surface area (Å²) in [5.41, 5.74) is 0.792. The van der Waals surface area contributed by atoms with Crippen molar-refractivity contribution in [3.05, 3.63) is 71.8 Å². The molecule has 4 rings (SSSR count). The van der Waals surface area contributed by atoms with Gasteiger partial charge < -0.3 is 18.6 Å². The molecule has 0 bridgehead atoms. The fraction of sp³-hybridized carbons (Fsp3) is 0.318. The average molecular weight is 429 g/mol. The summed E-state index contributed by atoms with van der Waals surface area (Å²) in [6.07, 6.45) is 3.37. The van der Waals surface area contributed by atoms with Crippen LogP contribution in [0.1, 0.15) is 24.0 Å². The predicted octanol–water partition coefficient (Wildman–Crippen LogP) is 3.57. The topological polar surface area (TPSA) is 82.1 Å². The maximum atomic E-state index is 12.4. The first-order valence-electron chi connectivity index (χ1n) is 9.70. The summed E-state index contributed by atoms with van der Waals surface area (Å²) in [5.74, 6) is 0.832. The second kappa shape index (κ2) is 8.02. The molecule has 0 unspecified atom stereocenters. The van der Waals surface area contributed by atoms with Crippen LogP contribution in [0.3, 0.4) is 0 Å². The molecule has 2 aromatic rings. The third-order valence-corrected chi connectivity index (χ3v) is 5.66. The van der Waals surface area contributed by atoms with Crippen LogP contribution >= 0.6 is 0 Å². The summed E-state index contributed by atoms with van der Waals surface area (Å²) in [4.78, 5) is 14.1. The van der Waals surface area contributed by atoms with Crippen molar-refractivity contribution >= 4 is 22.0 Å². The van der Waals surface area contributed by atoms with Crippen molar-refractivity contribution in [3.63, 3.8) is 0 Å². The molecule has 0 saturated carbocycles. The van der Waals surface area contributed by atoms with Crippen molar-refractivity contribution in [2.24, 2.45) is 0 Å². The number of likely N-dealkylation sites (tertiary alicyclic amines) is 1. The normalized spacial score (nSPS) is 17.5. The third kappa shape index (κ3) is 4.59. The van der Waals surface area contributed by atoms with Crippen molar-refractivity contribution in [1.29, 1.82) is 0 Å². The monoisotopic (exact) mass is 429 g/mol. The SMILES string of the molecule is CS(=O)(=O)OC1=CC2(CCN(C(=O)OCc3ccccc3)CC2)Oc2ccccc21. The van der Waals surface area contributed by atoms with Gasteiger partial charge in [-0.1, -0.05) is 42.5 Å². The van der Waals surface area contributed by atoms with Crippen molar-refractivity contribution in [3.8, 4) is 5.75 Å². The molecule has 2 heterocycles. The standard InChI is InChI=1S/C22H23NO6S/c1-30(25,26)29-20-15-22(28-19-10-6-5-9-18(19)20)11-13-23(14-12-22)21(24)27-16-17-7-3-2-4-8-17/h2-10,15H,11-14,16H2,1H3. The second-order valence-electron chi connectivity index (χ2n) is 7.49. The Morgan fingerprint density at radius 3 is 2.43 bits per heavy atom. The van der Waals surface area contributed by atoms with E-state index in [9.17, 15) is 13.2 Å². The van der Waals surface area contributed by atoms with E-state index in [1.54, 1.807) is 29.2 Å². The highest BCUT2D eigenvalue weighted by Gasteiger charge is 2.41. The summed E-state index contributed by atoms with van der Waals surface area (Å²) in [6, 6.07) is 16.7. The molecule has 2 aliphatic heterocycles. The van der Waals surface area contributed by atoms with Gasteiger partial charge in [-0.15, -0.1) is 0 Å². The summed E-state index contributed by atoms with van der Waals surface area (Å²) >= 11 is 0. The maximum absolute atomic E-state index is 12.4. The van der Waals surface area contributed by atoms with Gasteiger partial charge in [0.15, 0.2) is 5.76 Å². The molecule has 1 amide bonds. The van der Waals surface area contributed by atoms with Gasteiger partial charge in [-0.05, 0) is 17.7 Å². The summed E-state index contributed by atoms with van der Waals surface area (Å²) in [5, 5.41) is 0. The molecule has 0 atom stereocenters. The van der Waals surface area contributed by atoms with E-state index >= 15 is 0 Å². The number of fused-ring (bicyclic) bond motifs is 1. The van der Waals surface area contributed by atoms with E-state index in [1.165, 1.54) is 0 Å². The second-order valence-corrected chi connectivity index (χ2v) is 9.06.